The number of likely N-dealkylation sites (tertiary alicyclic amines) is 1. The molecule has 1 atom stereocenters. The Morgan fingerprint density at radius 2 is 2.50 bits per heavy atom. The second-order valence-corrected chi connectivity index (χ2v) is 4.34. The van der Waals surface area contributed by atoms with E-state index < -0.39 is 0 Å². The van der Waals surface area contributed by atoms with E-state index in [0.29, 0.717) is 18.1 Å². The van der Waals surface area contributed by atoms with Gasteiger partial charge in [0.25, 0.3) is 5.91 Å². The van der Waals surface area contributed by atoms with Gasteiger partial charge in [0.2, 0.25) is 0 Å². The maximum absolute atomic E-state index is 12.1. The molecular formula is C11H13N5O2. The van der Waals surface area contributed by atoms with E-state index >= 15 is 0 Å². The lowest BCUT2D eigenvalue weighted by molar-refractivity contribution is 0.0672. The van der Waals surface area contributed by atoms with Gasteiger partial charge in [-0.2, -0.15) is 5.21 Å². The Morgan fingerprint density at radius 1 is 1.56 bits per heavy atom. The van der Waals surface area contributed by atoms with Gasteiger partial charge in [-0.1, -0.05) is 5.21 Å². The van der Waals surface area contributed by atoms with Crippen molar-refractivity contribution in [1.82, 2.24) is 25.5 Å². The molecule has 0 radical (unpaired) electrons. The summed E-state index contributed by atoms with van der Waals surface area (Å²) in [5.41, 5.74) is 0. The minimum absolute atomic E-state index is 0.0757. The minimum atomic E-state index is -0.0757. The number of hydrogen-bond donors (Lipinski definition) is 1. The molecule has 1 aliphatic heterocycles. The summed E-state index contributed by atoms with van der Waals surface area (Å²) in [4.78, 5) is 13.9. The number of aromatic nitrogens is 4. The maximum atomic E-state index is 12.1. The van der Waals surface area contributed by atoms with Gasteiger partial charge in [0.05, 0.1) is 6.26 Å². The Bertz CT molecular complexity index is 508. The Hall–Kier alpha value is -2.18. The summed E-state index contributed by atoms with van der Waals surface area (Å²) >= 11 is 0. The topological polar surface area (TPSA) is 87.9 Å². The fourth-order valence-electron chi connectivity index (χ4n) is 2.27. The van der Waals surface area contributed by atoms with Gasteiger partial charge in [0.1, 0.15) is 0 Å². The van der Waals surface area contributed by atoms with E-state index in [2.05, 4.69) is 20.6 Å². The van der Waals surface area contributed by atoms with Gasteiger partial charge >= 0.3 is 0 Å². The van der Waals surface area contributed by atoms with Gasteiger partial charge in [-0.3, -0.25) is 4.79 Å². The minimum Gasteiger partial charge on any atom is -0.459 e. The highest BCUT2D eigenvalue weighted by Crippen LogP contribution is 2.24. The molecule has 7 heteroatoms. The average molecular weight is 247 g/mol. The molecular weight excluding hydrogens is 234 g/mol. The van der Waals surface area contributed by atoms with Gasteiger partial charge in [-0.25, -0.2) is 0 Å². The van der Waals surface area contributed by atoms with Crippen molar-refractivity contribution in [3.05, 3.63) is 30.0 Å². The molecule has 1 aliphatic rings. The zero-order valence-corrected chi connectivity index (χ0v) is 9.74. The number of amides is 1. The number of furan rings is 1. The highest BCUT2D eigenvalue weighted by Gasteiger charge is 2.28. The fraction of sp³-hybridized carbons (Fsp3) is 0.455. The van der Waals surface area contributed by atoms with Crippen molar-refractivity contribution in [3.8, 4) is 0 Å². The first kappa shape index (κ1) is 10.9. The van der Waals surface area contributed by atoms with Crippen molar-refractivity contribution in [2.75, 3.05) is 13.1 Å². The molecule has 0 aromatic carbocycles. The molecule has 1 fully saturated rings. The highest BCUT2D eigenvalue weighted by molar-refractivity contribution is 5.91. The summed E-state index contributed by atoms with van der Waals surface area (Å²) in [6.07, 6.45) is 3.42. The Morgan fingerprint density at radius 3 is 3.22 bits per heavy atom. The number of hydrogen-bond acceptors (Lipinski definition) is 5. The average Bonchev–Trinajstić information content (AvgIpc) is 3.11. The van der Waals surface area contributed by atoms with Crippen LogP contribution in [-0.2, 0) is 0 Å². The second kappa shape index (κ2) is 4.59. The molecule has 0 bridgehead atoms. The van der Waals surface area contributed by atoms with Crippen LogP contribution >= 0.6 is 0 Å². The van der Waals surface area contributed by atoms with Crippen molar-refractivity contribution < 1.29 is 9.21 Å². The standard InChI is InChI=1S/C11H13N5O2/c17-11(9-4-2-6-18-9)16-5-1-3-8(7-16)10-12-14-15-13-10/h2,4,6,8H,1,3,5,7H2,(H,12,13,14,15). The van der Waals surface area contributed by atoms with Crippen LogP contribution in [0, 0.1) is 0 Å². The number of nitrogens with one attached hydrogen (secondary N) is 1. The van der Waals surface area contributed by atoms with E-state index in [-0.39, 0.29) is 11.8 Å². The summed E-state index contributed by atoms with van der Waals surface area (Å²) < 4.78 is 5.13. The summed E-state index contributed by atoms with van der Waals surface area (Å²) in [6.45, 7) is 1.35. The van der Waals surface area contributed by atoms with Crippen LogP contribution in [0.4, 0.5) is 0 Å². The first-order valence-corrected chi connectivity index (χ1v) is 5.90. The van der Waals surface area contributed by atoms with Crippen LogP contribution < -0.4 is 0 Å². The Balaban J connectivity index is 1.73. The molecule has 3 rings (SSSR count). The molecule has 7 nitrogen and oxygen atoms in total. The summed E-state index contributed by atoms with van der Waals surface area (Å²) in [5, 5.41) is 14.0. The van der Waals surface area contributed by atoms with Gasteiger partial charge in [0, 0.05) is 19.0 Å². The van der Waals surface area contributed by atoms with Crippen LogP contribution in [-0.4, -0.2) is 44.5 Å². The maximum Gasteiger partial charge on any atom is 0.289 e. The number of tetrazole rings is 1. The normalized spacial score (nSPS) is 20.0. The third-order valence-electron chi connectivity index (χ3n) is 3.17. The molecule has 2 aromatic rings. The molecule has 18 heavy (non-hydrogen) atoms. The number of H-pyrrole nitrogens is 1. The zero-order chi connectivity index (χ0) is 12.4. The van der Waals surface area contributed by atoms with Crippen molar-refractivity contribution in [1.29, 1.82) is 0 Å². The lowest BCUT2D eigenvalue weighted by Crippen LogP contribution is -2.39. The van der Waals surface area contributed by atoms with Crippen LogP contribution in [0.1, 0.15) is 35.1 Å². The predicted molar refractivity (Wildman–Crippen MR) is 60.8 cm³/mol. The van der Waals surface area contributed by atoms with E-state index in [1.165, 1.54) is 6.26 Å². The van der Waals surface area contributed by atoms with Crippen molar-refractivity contribution in [3.63, 3.8) is 0 Å². The molecule has 1 unspecified atom stereocenters. The van der Waals surface area contributed by atoms with Crippen molar-refractivity contribution in [2.45, 2.75) is 18.8 Å². The SMILES string of the molecule is O=C(c1ccco1)N1CCCC(c2nn[nH]n2)C1. The second-order valence-electron chi connectivity index (χ2n) is 4.34. The quantitative estimate of drug-likeness (QED) is 0.848. The van der Waals surface area contributed by atoms with Gasteiger partial charge in [-0.05, 0) is 25.0 Å². The van der Waals surface area contributed by atoms with Crippen LogP contribution in [0.5, 0.6) is 0 Å². The van der Waals surface area contributed by atoms with E-state index in [1.807, 2.05) is 0 Å². The molecule has 3 heterocycles. The molecule has 0 aliphatic carbocycles. The summed E-state index contributed by atoms with van der Waals surface area (Å²) in [7, 11) is 0. The van der Waals surface area contributed by atoms with Gasteiger partial charge < -0.3 is 9.32 Å². The molecule has 1 N–H and O–H groups in total. The highest BCUT2D eigenvalue weighted by atomic mass is 16.3. The molecule has 2 aromatic heterocycles. The summed E-state index contributed by atoms with van der Waals surface area (Å²) in [6, 6.07) is 3.40. The molecule has 1 amide bonds. The number of rotatable bonds is 2. The third kappa shape index (κ3) is 1.99. The van der Waals surface area contributed by atoms with E-state index in [4.69, 9.17) is 4.42 Å². The van der Waals surface area contributed by atoms with Gasteiger partial charge in [0.15, 0.2) is 11.6 Å². The smallest absolute Gasteiger partial charge is 0.289 e. The molecule has 0 saturated carbocycles. The summed E-state index contributed by atoms with van der Waals surface area (Å²) in [5.74, 6) is 1.13. The van der Waals surface area contributed by atoms with E-state index in [9.17, 15) is 4.79 Å². The number of aromatic amines is 1. The molecule has 1 saturated heterocycles. The number of carbonyl (C=O) groups excluding carboxylic acids is 1. The van der Waals surface area contributed by atoms with E-state index in [0.717, 1.165) is 19.4 Å². The first-order valence-electron chi connectivity index (χ1n) is 5.90. The lowest BCUT2D eigenvalue weighted by Gasteiger charge is -2.30. The van der Waals surface area contributed by atoms with Crippen LogP contribution in [0.2, 0.25) is 0 Å². The number of piperidine rings is 1. The number of carbonyl (C=O) groups is 1. The van der Waals surface area contributed by atoms with Crippen LogP contribution in [0.15, 0.2) is 22.8 Å². The lowest BCUT2D eigenvalue weighted by atomic mass is 9.97. The van der Waals surface area contributed by atoms with Crippen LogP contribution in [0.3, 0.4) is 0 Å². The largest absolute Gasteiger partial charge is 0.459 e. The molecule has 94 valence electrons. The first-order chi connectivity index (χ1) is 8.84. The Kier molecular flexibility index (Phi) is 2.79. The monoisotopic (exact) mass is 247 g/mol. The zero-order valence-electron chi connectivity index (χ0n) is 9.74. The molecule has 0 spiro atoms. The predicted octanol–water partition coefficient (Wildman–Crippen LogP) is 0.812. The fourth-order valence-corrected chi connectivity index (χ4v) is 2.27. The van der Waals surface area contributed by atoms with Gasteiger partial charge in [-0.15, -0.1) is 10.2 Å². The van der Waals surface area contributed by atoms with E-state index in [1.54, 1.807) is 17.0 Å². The number of nitrogens with zero attached hydrogens (tertiary/aromatic N) is 4. The van der Waals surface area contributed by atoms with Crippen LogP contribution in [0.25, 0.3) is 0 Å². The van der Waals surface area contributed by atoms with Crippen molar-refractivity contribution >= 4 is 5.91 Å². The van der Waals surface area contributed by atoms with Crippen molar-refractivity contribution in [2.24, 2.45) is 0 Å². The third-order valence-corrected chi connectivity index (χ3v) is 3.17. The Labute approximate surface area is 103 Å².